The third-order valence-electron chi connectivity index (χ3n) is 3.66. The number of rotatable bonds is 4. The minimum Gasteiger partial charge on any atom is -0.355 e. The monoisotopic (exact) mass is 293 g/mol. The lowest BCUT2D eigenvalue weighted by Crippen LogP contribution is -2.30. The maximum absolute atomic E-state index is 4.85. The van der Waals surface area contributed by atoms with Crippen molar-refractivity contribution in [1.82, 2.24) is 10.3 Å². The summed E-state index contributed by atoms with van der Waals surface area (Å²) >= 11 is 2.06. The summed E-state index contributed by atoms with van der Waals surface area (Å²) in [6.07, 6.45) is 1.26. The van der Waals surface area contributed by atoms with E-state index in [9.17, 15) is 0 Å². The van der Waals surface area contributed by atoms with Crippen molar-refractivity contribution in [3.8, 4) is 0 Å². The quantitative estimate of drug-likeness (QED) is 0.923. The van der Waals surface area contributed by atoms with Gasteiger partial charge in [-0.1, -0.05) is 13.8 Å². The van der Waals surface area contributed by atoms with Crippen LogP contribution in [0, 0.1) is 13.8 Å². The van der Waals surface area contributed by atoms with Gasteiger partial charge in [-0.25, -0.2) is 4.98 Å². The van der Waals surface area contributed by atoms with Crippen molar-refractivity contribution >= 4 is 17.6 Å². The molecule has 1 N–H and O–H groups in total. The fourth-order valence-electron chi connectivity index (χ4n) is 2.59. The summed E-state index contributed by atoms with van der Waals surface area (Å²) in [6, 6.07) is 2.70. The van der Waals surface area contributed by atoms with Gasteiger partial charge in [0.2, 0.25) is 0 Å². The Bertz CT molecular complexity index is 438. The third kappa shape index (κ3) is 4.13. The molecular weight excluding hydrogens is 266 g/mol. The molecule has 3 nitrogen and oxygen atoms in total. The van der Waals surface area contributed by atoms with Gasteiger partial charge in [0, 0.05) is 42.7 Å². The van der Waals surface area contributed by atoms with E-state index in [4.69, 9.17) is 4.98 Å². The molecule has 112 valence electrons. The van der Waals surface area contributed by atoms with Crippen molar-refractivity contribution in [2.45, 2.75) is 46.7 Å². The number of aryl methyl sites for hydroxylation is 2. The normalized spacial score (nSPS) is 16.6. The molecule has 1 aliphatic heterocycles. The number of nitrogens with zero attached hydrogens (tertiary/aromatic N) is 2. The van der Waals surface area contributed by atoms with E-state index in [2.05, 4.69) is 55.7 Å². The summed E-state index contributed by atoms with van der Waals surface area (Å²) in [5.41, 5.74) is 3.86. The molecule has 2 heterocycles. The first-order chi connectivity index (χ1) is 9.58. The van der Waals surface area contributed by atoms with Gasteiger partial charge < -0.3 is 10.2 Å². The molecule has 0 saturated carbocycles. The second-order valence-electron chi connectivity index (χ2n) is 5.87. The lowest BCUT2D eigenvalue weighted by Gasteiger charge is -2.26. The number of nitrogens with one attached hydrogen (secondary N) is 1. The largest absolute Gasteiger partial charge is 0.355 e. The average molecular weight is 293 g/mol. The van der Waals surface area contributed by atoms with Gasteiger partial charge >= 0.3 is 0 Å². The van der Waals surface area contributed by atoms with Crippen molar-refractivity contribution in [1.29, 1.82) is 0 Å². The highest BCUT2D eigenvalue weighted by molar-refractivity contribution is 7.99. The summed E-state index contributed by atoms with van der Waals surface area (Å²) in [7, 11) is 0. The number of aromatic nitrogens is 1. The van der Waals surface area contributed by atoms with Gasteiger partial charge in [0.1, 0.15) is 5.82 Å². The van der Waals surface area contributed by atoms with Crippen LogP contribution < -0.4 is 10.2 Å². The maximum atomic E-state index is 4.85. The number of hydrogen-bond donors (Lipinski definition) is 1. The van der Waals surface area contributed by atoms with E-state index >= 15 is 0 Å². The van der Waals surface area contributed by atoms with Crippen LogP contribution in [0.3, 0.4) is 0 Å². The Morgan fingerprint density at radius 1 is 1.30 bits per heavy atom. The van der Waals surface area contributed by atoms with Crippen LogP contribution in [-0.2, 0) is 6.54 Å². The summed E-state index contributed by atoms with van der Waals surface area (Å²) in [6.45, 7) is 11.9. The molecule has 0 aliphatic carbocycles. The Morgan fingerprint density at radius 3 is 2.85 bits per heavy atom. The van der Waals surface area contributed by atoms with Crippen LogP contribution in [-0.4, -0.2) is 35.6 Å². The van der Waals surface area contributed by atoms with Gasteiger partial charge in [-0.2, -0.15) is 11.8 Å². The lowest BCUT2D eigenvalue weighted by molar-refractivity contribution is 0.585. The molecule has 0 atom stereocenters. The van der Waals surface area contributed by atoms with Crippen molar-refractivity contribution < 1.29 is 0 Å². The molecule has 4 heteroatoms. The second-order valence-corrected chi connectivity index (χ2v) is 7.10. The third-order valence-corrected chi connectivity index (χ3v) is 4.71. The van der Waals surface area contributed by atoms with Gasteiger partial charge in [0.15, 0.2) is 0 Å². The predicted molar refractivity (Wildman–Crippen MR) is 89.8 cm³/mol. The van der Waals surface area contributed by atoms with Crippen molar-refractivity contribution in [2.24, 2.45) is 0 Å². The summed E-state index contributed by atoms with van der Waals surface area (Å²) in [4.78, 5) is 7.34. The molecule has 20 heavy (non-hydrogen) atoms. The molecule has 0 aromatic carbocycles. The SMILES string of the molecule is Cc1cc(C)c(CNC(C)C)c(N2CCCSCC2)n1. The zero-order chi connectivity index (χ0) is 14.5. The van der Waals surface area contributed by atoms with E-state index in [0.717, 1.165) is 25.3 Å². The van der Waals surface area contributed by atoms with Crippen LogP contribution in [0.5, 0.6) is 0 Å². The van der Waals surface area contributed by atoms with E-state index in [1.54, 1.807) is 0 Å². The molecule has 1 aromatic heterocycles. The topological polar surface area (TPSA) is 28.2 Å². The Kier molecular flexibility index (Phi) is 5.73. The van der Waals surface area contributed by atoms with Crippen LogP contribution in [0.1, 0.15) is 37.1 Å². The number of thioether (sulfide) groups is 1. The number of hydrogen-bond acceptors (Lipinski definition) is 4. The maximum Gasteiger partial charge on any atom is 0.133 e. The molecule has 0 spiro atoms. The first-order valence-corrected chi connectivity index (χ1v) is 8.76. The van der Waals surface area contributed by atoms with Gasteiger partial charge in [0.05, 0.1) is 0 Å². The van der Waals surface area contributed by atoms with Crippen molar-refractivity contribution in [3.05, 3.63) is 22.9 Å². The van der Waals surface area contributed by atoms with Gasteiger partial charge in [0.25, 0.3) is 0 Å². The van der Waals surface area contributed by atoms with Crippen LogP contribution in [0.2, 0.25) is 0 Å². The lowest BCUT2D eigenvalue weighted by atomic mass is 10.1. The highest BCUT2D eigenvalue weighted by atomic mass is 32.2. The zero-order valence-electron chi connectivity index (χ0n) is 13.2. The van der Waals surface area contributed by atoms with Gasteiger partial charge in [-0.15, -0.1) is 0 Å². The standard InChI is InChI=1S/C16H27N3S/c1-12(2)17-11-15-13(3)10-14(4)18-16(15)19-6-5-8-20-9-7-19/h10,12,17H,5-9,11H2,1-4H3. The first kappa shape index (κ1) is 15.6. The van der Waals surface area contributed by atoms with Crippen LogP contribution >= 0.6 is 11.8 Å². The minimum absolute atomic E-state index is 0.503. The molecule has 1 fully saturated rings. The fraction of sp³-hybridized carbons (Fsp3) is 0.688. The molecule has 0 radical (unpaired) electrons. The second kappa shape index (κ2) is 7.32. The van der Waals surface area contributed by atoms with Gasteiger partial charge in [-0.05, 0) is 37.7 Å². The Morgan fingerprint density at radius 2 is 2.10 bits per heavy atom. The average Bonchev–Trinajstić information content (AvgIpc) is 2.65. The molecule has 1 aliphatic rings. The molecule has 2 rings (SSSR count). The highest BCUT2D eigenvalue weighted by Gasteiger charge is 2.17. The van der Waals surface area contributed by atoms with E-state index in [-0.39, 0.29) is 0 Å². The Labute approximate surface area is 127 Å². The molecule has 1 aromatic rings. The summed E-state index contributed by atoms with van der Waals surface area (Å²) in [5, 5.41) is 3.55. The summed E-state index contributed by atoms with van der Waals surface area (Å²) < 4.78 is 0. The summed E-state index contributed by atoms with van der Waals surface area (Å²) in [5.74, 6) is 3.70. The Balaban J connectivity index is 2.28. The van der Waals surface area contributed by atoms with Gasteiger partial charge in [-0.3, -0.25) is 0 Å². The van der Waals surface area contributed by atoms with E-state index in [0.29, 0.717) is 6.04 Å². The fourth-order valence-corrected chi connectivity index (χ4v) is 3.47. The number of pyridine rings is 1. The number of anilines is 1. The van der Waals surface area contributed by atoms with Crippen molar-refractivity contribution in [2.75, 3.05) is 29.5 Å². The van der Waals surface area contributed by atoms with Crippen LogP contribution in [0.4, 0.5) is 5.82 Å². The smallest absolute Gasteiger partial charge is 0.133 e. The molecular formula is C16H27N3S. The van der Waals surface area contributed by atoms with E-state index < -0.39 is 0 Å². The molecule has 0 bridgehead atoms. The van der Waals surface area contributed by atoms with E-state index in [1.807, 2.05) is 0 Å². The van der Waals surface area contributed by atoms with Crippen LogP contribution in [0.25, 0.3) is 0 Å². The predicted octanol–water partition coefficient (Wildman–Crippen LogP) is 3.14. The first-order valence-electron chi connectivity index (χ1n) is 7.61. The molecule has 0 amide bonds. The Hall–Kier alpha value is -0.740. The highest BCUT2D eigenvalue weighted by Crippen LogP contribution is 2.25. The van der Waals surface area contributed by atoms with Crippen molar-refractivity contribution in [3.63, 3.8) is 0 Å². The van der Waals surface area contributed by atoms with E-state index in [1.165, 1.54) is 34.9 Å². The molecule has 0 unspecified atom stereocenters. The van der Waals surface area contributed by atoms with Crippen LogP contribution in [0.15, 0.2) is 6.07 Å². The zero-order valence-corrected chi connectivity index (χ0v) is 14.0. The minimum atomic E-state index is 0.503. The molecule has 1 saturated heterocycles.